The molecule has 0 saturated heterocycles. The Balaban J connectivity index is 1.88. The van der Waals surface area contributed by atoms with Gasteiger partial charge in [-0.05, 0) is 60.7 Å². The van der Waals surface area contributed by atoms with Gasteiger partial charge in [0.2, 0.25) is 10.0 Å². The van der Waals surface area contributed by atoms with E-state index in [-0.39, 0.29) is 10.7 Å². The van der Waals surface area contributed by atoms with Gasteiger partial charge < -0.3 is 0 Å². The van der Waals surface area contributed by atoms with Crippen LogP contribution < -0.4 is 5.14 Å². The lowest BCUT2D eigenvalue weighted by molar-refractivity contribution is 0.598. The molecule has 8 heteroatoms. The molecule has 2 N–H and O–H groups in total. The zero-order chi connectivity index (χ0) is 20.6. The number of rotatable bonds is 4. The fourth-order valence-electron chi connectivity index (χ4n) is 2.96. The maximum Gasteiger partial charge on any atom is 0.238 e. The van der Waals surface area contributed by atoms with Crippen LogP contribution in [0.1, 0.15) is 0 Å². The van der Waals surface area contributed by atoms with E-state index < -0.39 is 10.0 Å². The fraction of sp³-hybridized carbons (Fsp3) is 0. The minimum atomic E-state index is -3.79. The highest BCUT2D eigenvalue weighted by Crippen LogP contribution is 2.29. The molecule has 3 aromatic carbocycles. The van der Waals surface area contributed by atoms with Crippen molar-refractivity contribution >= 4 is 21.6 Å². The predicted octanol–water partition coefficient (Wildman–Crippen LogP) is 4.65. The summed E-state index contributed by atoms with van der Waals surface area (Å²) in [6.07, 6.45) is 1.77. The van der Waals surface area contributed by atoms with E-state index in [2.05, 4.69) is 4.98 Å². The smallest absolute Gasteiger partial charge is 0.238 e. The monoisotopic (exact) mass is 427 g/mol. The van der Waals surface area contributed by atoms with Crippen LogP contribution in [0, 0.1) is 5.82 Å². The van der Waals surface area contributed by atoms with Gasteiger partial charge in [-0.2, -0.15) is 0 Å². The van der Waals surface area contributed by atoms with Gasteiger partial charge in [0.05, 0.1) is 10.6 Å². The van der Waals surface area contributed by atoms with E-state index in [0.717, 1.165) is 5.56 Å². The van der Waals surface area contributed by atoms with E-state index in [1.54, 1.807) is 47.2 Å². The van der Waals surface area contributed by atoms with Crippen LogP contribution in [0.25, 0.3) is 28.3 Å². The molecule has 0 aliphatic rings. The average Bonchev–Trinajstić information content (AvgIpc) is 3.13. The number of nitrogens with zero attached hydrogens (tertiary/aromatic N) is 2. The Kier molecular flexibility index (Phi) is 4.96. The summed E-state index contributed by atoms with van der Waals surface area (Å²) in [5, 5.41) is 5.77. The minimum absolute atomic E-state index is 0.0137. The molecule has 0 atom stereocenters. The van der Waals surface area contributed by atoms with Gasteiger partial charge in [-0.15, -0.1) is 0 Å². The van der Waals surface area contributed by atoms with Crippen molar-refractivity contribution in [2.75, 3.05) is 0 Å². The molecule has 0 spiro atoms. The van der Waals surface area contributed by atoms with E-state index in [1.807, 2.05) is 12.1 Å². The second-order valence-corrected chi connectivity index (χ2v) is 8.37. The van der Waals surface area contributed by atoms with E-state index >= 15 is 0 Å². The van der Waals surface area contributed by atoms with Crippen LogP contribution in [-0.2, 0) is 10.0 Å². The number of aromatic nitrogens is 2. The van der Waals surface area contributed by atoms with E-state index in [1.165, 1.54) is 24.3 Å². The maximum atomic E-state index is 13.7. The first kappa shape index (κ1) is 19.3. The third-order valence-corrected chi connectivity index (χ3v) is 5.55. The van der Waals surface area contributed by atoms with Gasteiger partial charge in [-0.25, -0.2) is 22.9 Å². The first-order chi connectivity index (χ1) is 13.8. The number of nitrogens with two attached hydrogens (primary N) is 1. The first-order valence-corrected chi connectivity index (χ1v) is 10.5. The molecule has 4 aromatic rings. The van der Waals surface area contributed by atoms with Crippen molar-refractivity contribution in [3.05, 3.63) is 89.8 Å². The van der Waals surface area contributed by atoms with Crippen LogP contribution >= 0.6 is 11.6 Å². The van der Waals surface area contributed by atoms with E-state index in [9.17, 15) is 12.8 Å². The standard InChI is InChI=1S/C21H15ClFN3O2S/c22-16-6-4-14(5-7-16)21-25-20(15-2-1-3-17(23)12-15)13-26(21)18-8-10-19(11-9-18)29(24,27)28/h1-13H,(H2,24,27,28). The summed E-state index contributed by atoms with van der Waals surface area (Å²) in [5.41, 5.74) is 2.68. The van der Waals surface area contributed by atoms with Crippen LogP contribution in [0.5, 0.6) is 0 Å². The molecule has 29 heavy (non-hydrogen) atoms. The molecule has 1 aromatic heterocycles. The van der Waals surface area contributed by atoms with Crippen molar-refractivity contribution in [2.24, 2.45) is 5.14 Å². The number of imidazole rings is 1. The molecule has 0 radical (unpaired) electrons. The fourth-order valence-corrected chi connectivity index (χ4v) is 3.60. The Morgan fingerprint density at radius 3 is 2.24 bits per heavy atom. The van der Waals surface area contributed by atoms with Crippen molar-refractivity contribution < 1.29 is 12.8 Å². The van der Waals surface area contributed by atoms with Gasteiger partial charge in [-0.1, -0.05) is 23.7 Å². The molecule has 0 saturated carbocycles. The molecule has 1 heterocycles. The predicted molar refractivity (Wildman–Crippen MR) is 111 cm³/mol. The second-order valence-electron chi connectivity index (χ2n) is 6.38. The molecule has 0 aliphatic carbocycles. The summed E-state index contributed by atoms with van der Waals surface area (Å²) in [6.45, 7) is 0. The zero-order valence-corrected chi connectivity index (χ0v) is 16.5. The number of benzene rings is 3. The molecule has 5 nitrogen and oxygen atoms in total. The van der Waals surface area contributed by atoms with Crippen molar-refractivity contribution in [3.63, 3.8) is 0 Å². The summed E-state index contributed by atoms with van der Waals surface area (Å²) >= 11 is 6.00. The molecule has 0 fully saturated rings. The number of primary sulfonamides is 1. The van der Waals surface area contributed by atoms with Gasteiger partial charge in [0.1, 0.15) is 11.6 Å². The topological polar surface area (TPSA) is 78.0 Å². The number of sulfonamides is 1. The number of halogens is 2. The van der Waals surface area contributed by atoms with Crippen molar-refractivity contribution in [3.8, 4) is 28.3 Å². The maximum absolute atomic E-state index is 13.7. The van der Waals surface area contributed by atoms with Gasteiger partial charge >= 0.3 is 0 Å². The van der Waals surface area contributed by atoms with Crippen LogP contribution in [-0.4, -0.2) is 18.0 Å². The molecule has 0 bridgehead atoms. The third kappa shape index (κ3) is 4.07. The van der Waals surface area contributed by atoms with Crippen LogP contribution in [0.4, 0.5) is 4.39 Å². The van der Waals surface area contributed by atoms with Gasteiger partial charge in [0.25, 0.3) is 0 Å². The van der Waals surface area contributed by atoms with Crippen molar-refractivity contribution in [1.29, 1.82) is 0 Å². The molecular formula is C21H15ClFN3O2S. The minimum Gasteiger partial charge on any atom is -0.299 e. The lowest BCUT2D eigenvalue weighted by atomic mass is 10.2. The van der Waals surface area contributed by atoms with Crippen LogP contribution in [0.15, 0.2) is 83.9 Å². The Labute approximate surface area is 172 Å². The largest absolute Gasteiger partial charge is 0.299 e. The zero-order valence-electron chi connectivity index (χ0n) is 15.0. The lowest BCUT2D eigenvalue weighted by Gasteiger charge is -2.08. The molecule has 4 rings (SSSR count). The lowest BCUT2D eigenvalue weighted by Crippen LogP contribution is -2.12. The van der Waals surface area contributed by atoms with Gasteiger partial charge in [0, 0.05) is 28.0 Å². The normalized spacial score (nSPS) is 11.6. The van der Waals surface area contributed by atoms with Crippen LogP contribution in [0.3, 0.4) is 0 Å². The number of hydrogen-bond donors (Lipinski definition) is 1. The summed E-state index contributed by atoms with van der Waals surface area (Å²) in [6, 6.07) is 19.4. The summed E-state index contributed by atoms with van der Waals surface area (Å²) < 4.78 is 38.6. The van der Waals surface area contributed by atoms with Crippen molar-refractivity contribution in [2.45, 2.75) is 4.90 Å². The highest BCUT2D eigenvalue weighted by Gasteiger charge is 2.15. The molecule has 146 valence electrons. The molecule has 0 amide bonds. The highest BCUT2D eigenvalue weighted by molar-refractivity contribution is 7.89. The SMILES string of the molecule is NS(=O)(=O)c1ccc(-n2cc(-c3cccc(F)c3)nc2-c2ccc(Cl)cc2)cc1. The Hall–Kier alpha value is -3.00. The average molecular weight is 428 g/mol. The Morgan fingerprint density at radius 2 is 1.62 bits per heavy atom. The molecule has 0 aliphatic heterocycles. The van der Waals surface area contributed by atoms with E-state index in [0.29, 0.717) is 27.8 Å². The van der Waals surface area contributed by atoms with E-state index in [4.69, 9.17) is 16.7 Å². The summed E-state index contributed by atoms with van der Waals surface area (Å²) in [4.78, 5) is 4.69. The quantitative estimate of drug-likeness (QED) is 0.515. The number of hydrogen-bond acceptors (Lipinski definition) is 3. The Bertz CT molecular complexity index is 1280. The Morgan fingerprint density at radius 1 is 0.931 bits per heavy atom. The molecular weight excluding hydrogens is 413 g/mol. The van der Waals surface area contributed by atoms with Gasteiger partial charge in [0.15, 0.2) is 0 Å². The van der Waals surface area contributed by atoms with Gasteiger partial charge in [-0.3, -0.25) is 4.57 Å². The summed E-state index contributed by atoms with van der Waals surface area (Å²) in [5.74, 6) is 0.242. The summed E-state index contributed by atoms with van der Waals surface area (Å²) in [7, 11) is -3.79. The second kappa shape index (κ2) is 7.44. The third-order valence-electron chi connectivity index (χ3n) is 4.37. The van der Waals surface area contributed by atoms with Crippen molar-refractivity contribution in [1.82, 2.24) is 9.55 Å². The molecule has 0 unspecified atom stereocenters. The highest BCUT2D eigenvalue weighted by atomic mass is 35.5. The van der Waals surface area contributed by atoms with Crippen LogP contribution in [0.2, 0.25) is 5.02 Å². The first-order valence-electron chi connectivity index (χ1n) is 8.56.